The zero-order chi connectivity index (χ0) is 16.4. The predicted octanol–water partition coefficient (Wildman–Crippen LogP) is 3.43. The molecule has 0 saturated carbocycles. The molecule has 0 aliphatic carbocycles. The maximum atomic E-state index is 10.1. The summed E-state index contributed by atoms with van der Waals surface area (Å²) in [5.74, 6) is 0.671. The van der Waals surface area contributed by atoms with E-state index in [-0.39, 0.29) is 0 Å². The number of aryl methyl sites for hydroxylation is 2. The van der Waals surface area contributed by atoms with Crippen LogP contribution < -0.4 is 9.80 Å². The van der Waals surface area contributed by atoms with E-state index >= 15 is 0 Å². The molecule has 1 heterocycles. The van der Waals surface area contributed by atoms with Gasteiger partial charge in [-0.15, -0.1) is 0 Å². The summed E-state index contributed by atoms with van der Waals surface area (Å²) < 4.78 is 0. The van der Waals surface area contributed by atoms with Crippen molar-refractivity contribution in [3.8, 4) is 11.5 Å². The van der Waals surface area contributed by atoms with Gasteiger partial charge in [-0.05, 0) is 55.7 Å². The van der Waals surface area contributed by atoms with E-state index in [0.717, 1.165) is 55.1 Å². The third-order valence-electron chi connectivity index (χ3n) is 4.44. The first-order valence-corrected chi connectivity index (χ1v) is 8.14. The maximum Gasteiger partial charge on any atom is 0.138 e. The molecule has 23 heavy (non-hydrogen) atoms. The number of rotatable bonds is 2. The molecule has 2 aromatic carbocycles. The Morgan fingerprint density at radius 2 is 1.13 bits per heavy atom. The lowest BCUT2D eigenvalue weighted by atomic mass is 10.2. The fraction of sp³-hybridized carbons (Fsp3) is 0.368. The number of aromatic hydroxyl groups is 2. The minimum Gasteiger partial charge on any atom is -0.506 e. The summed E-state index contributed by atoms with van der Waals surface area (Å²) in [7, 11) is 0. The van der Waals surface area contributed by atoms with Crippen molar-refractivity contribution in [1.29, 1.82) is 0 Å². The monoisotopic (exact) mass is 312 g/mol. The number of hydrogen-bond donors (Lipinski definition) is 2. The van der Waals surface area contributed by atoms with Gasteiger partial charge in [-0.3, -0.25) is 0 Å². The van der Waals surface area contributed by atoms with Crippen molar-refractivity contribution in [1.82, 2.24) is 0 Å². The van der Waals surface area contributed by atoms with Crippen LogP contribution in [0, 0.1) is 13.8 Å². The first-order valence-electron chi connectivity index (χ1n) is 8.14. The topological polar surface area (TPSA) is 46.9 Å². The Morgan fingerprint density at radius 3 is 1.57 bits per heavy atom. The van der Waals surface area contributed by atoms with Gasteiger partial charge in [0.2, 0.25) is 0 Å². The first kappa shape index (κ1) is 15.5. The standard InChI is InChI=1S/C19H24N2O2/c1-14-4-6-18(22)16(12-14)20-8-3-9-21(11-10-20)17-13-15(2)5-7-19(17)23/h4-7,12-13,22-23H,3,8-11H2,1-2H3. The molecule has 0 radical (unpaired) electrons. The Bertz CT molecular complexity index is 640. The third kappa shape index (κ3) is 3.36. The molecule has 0 amide bonds. The molecule has 0 bridgehead atoms. The zero-order valence-electron chi connectivity index (χ0n) is 13.8. The summed E-state index contributed by atoms with van der Waals surface area (Å²) in [4.78, 5) is 4.46. The Morgan fingerprint density at radius 1 is 0.696 bits per heavy atom. The normalized spacial score (nSPS) is 15.6. The number of nitrogens with zero attached hydrogens (tertiary/aromatic N) is 2. The molecule has 1 aliphatic heterocycles. The van der Waals surface area contributed by atoms with E-state index in [1.54, 1.807) is 12.1 Å². The van der Waals surface area contributed by atoms with Gasteiger partial charge in [0.15, 0.2) is 0 Å². The maximum absolute atomic E-state index is 10.1. The largest absolute Gasteiger partial charge is 0.506 e. The fourth-order valence-electron chi connectivity index (χ4n) is 3.17. The van der Waals surface area contributed by atoms with E-state index in [0.29, 0.717) is 11.5 Å². The van der Waals surface area contributed by atoms with E-state index in [1.807, 2.05) is 38.1 Å². The van der Waals surface area contributed by atoms with Gasteiger partial charge in [-0.1, -0.05) is 12.1 Å². The van der Waals surface area contributed by atoms with Crippen molar-refractivity contribution in [3.05, 3.63) is 47.5 Å². The van der Waals surface area contributed by atoms with Crippen LogP contribution in [0.3, 0.4) is 0 Å². The van der Waals surface area contributed by atoms with Crippen LogP contribution in [0.15, 0.2) is 36.4 Å². The minimum absolute atomic E-state index is 0.336. The summed E-state index contributed by atoms with van der Waals surface area (Å²) in [6, 6.07) is 11.4. The molecular weight excluding hydrogens is 288 g/mol. The van der Waals surface area contributed by atoms with E-state index in [9.17, 15) is 10.2 Å². The SMILES string of the molecule is Cc1ccc(O)c(N2CCCN(c3cc(C)ccc3O)CC2)c1. The lowest BCUT2D eigenvalue weighted by Crippen LogP contribution is -2.30. The van der Waals surface area contributed by atoms with Crippen LogP contribution in [0.1, 0.15) is 17.5 Å². The first-order chi connectivity index (χ1) is 11.0. The molecule has 0 unspecified atom stereocenters. The summed E-state index contributed by atoms with van der Waals surface area (Å²) in [5, 5.41) is 20.3. The molecule has 1 saturated heterocycles. The van der Waals surface area contributed by atoms with Crippen molar-refractivity contribution in [2.24, 2.45) is 0 Å². The lowest BCUT2D eigenvalue weighted by Gasteiger charge is -2.26. The quantitative estimate of drug-likeness (QED) is 0.892. The van der Waals surface area contributed by atoms with Gasteiger partial charge in [0.05, 0.1) is 11.4 Å². The van der Waals surface area contributed by atoms with Crippen LogP contribution in [0.2, 0.25) is 0 Å². The summed E-state index contributed by atoms with van der Waals surface area (Å²) >= 11 is 0. The summed E-state index contributed by atoms with van der Waals surface area (Å²) in [5.41, 5.74) is 4.10. The molecule has 4 nitrogen and oxygen atoms in total. The molecule has 0 atom stereocenters. The van der Waals surface area contributed by atoms with Crippen LogP contribution in [0.5, 0.6) is 11.5 Å². The van der Waals surface area contributed by atoms with Gasteiger partial charge in [0, 0.05) is 26.2 Å². The third-order valence-corrected chi connectivity index (χ3v) is 4.44. The van der Waals surface area contributed by atoms with Crippen LogP contribution in [0.4, 0.5) is 11.4 Å². The van der Waals surface area contributed by atoms with Crippen LogP contribution in [-0.4, -0.2) is 36.4 Å². The van der Waals surface area contributed by atoms with Crippen molar-refractivity contribution in [3.63, 3.8) is 0 Å². The Labute approximate surface area is 137 Å². The van der Waals surface area contributed by atoms with Gasteiger partial charge in [0.1, 0.15) is 11.5 Å². The van der Waals surface area contributed by atoms with Crippen molar-refractivity contribution in [2.45, 2.75) is 20.3 Å². The van der Waals surface area contributed by atoms with E-state index < -0.39 is 0 Å². The molecule has 1 aliphatic rings. The lowest BCUT2D eigenvalue weighted by molar-refractivity contribution is 0.473. The number of phenols is 2. The highest BCUT2D eigenvalue weighted by atomic mass is 16.3. The van der Waals surface area contributed by atoms with Crippen molar-refractivity contribution < 1.29 is 10.2 Å². The Hall–Kier alpha value is -2.36. The molecule has 0 spiro atoms. The van der Waals surface area contributed by atoms with Gasteiger partial charge >= 0.3 is 0 Å². The predicted molar refractivity (Wildman–Crippen MR) is 94.7 cm³/mol. The second kappa shape index (κ2) is 6.41. The van der Waals surface area contributed by atoms with Crippen LogP contribution in [0.25, 0.3) is 0 Å². The van der Waals surface area contributed by atoms with E-state index in [4.69, 9.17) is 0 Å². The Balaban J connectivity index is 1.79. The average Bonchev–Trinajstić information content (AvgIpc) is 2.78. The zero-order valence-corrected chi connectivity index (χ0v) is 13.8. The summed E-state index contributed by atoms with van der Waals surface area (Å²) in [6.45, 7) is 7.53. The van der Waals surface area contributed by atoms with Crippen LogP contribution >= 0.6 is 0 Å². The highest BCUT2D eigenvalue weighted by molar-refractivity contribution is 5.62. The molecule has 122 valence electrons. The molecule has 4 heteroatoms. The number of benzene rings is 2. The average molecular weight is 312 g/mol. The van der Waals surface area contributed by atoms with Gasteiger partial charge < -0.3 is 20.0 Å². The van der Waals surface area contributed by atoms with Gasteiger partial charge in [0.25, 0.3) is 0 Å². The van der Waals surface area contributed by atoms with E-state index in [2.05, 4.69) is 9.80 Å². The Kier molecular flexibility index (Phi) is 4.33. The fourth-order valence-corrected chi connectivity index (χ4v) is 3.17. The second-order valence-electron chi connectivity index (χ2n) is 6.31. The van der Waals surface area contributed by atoms with Crippen molar-refractivity contribution >= 4 is 11.4 Å². The number of phenolic OH excluding ortho intramolecular Hbond substituents is 2. The molecule has 0 aromatic heterocycles. The van der Waals surface area contributed by atoms with Gasteiger partial charge in [-0.25, -0.2) is 0 Å². The van der Waals surface area contributed by atoms with Gasteiger partial charge in [-0.2, -0.15) is 0 Å². The minimum atomic E-state index is 0.336. The molecular formula is C19H24N2O2. The number of anilines is 2. The van der Waals surface area contributed by atoms with E-state index in [1.165, 1.54) is 0 Å². The van der Waals surface area contributed by atoms with Crippen LogP contribution in [-0.2, 0) is 0 Å². The highest BCUT2D eigenvalue weighted by Crippen LogP contribution is 2.32. The second-order valence-corrected chi connectivity index (χ2v) is 6.31. The highest BCUT2D eigenvalue weighted by Gasteiger charge is 2.19. The molecule has 1 fully saturated rings. The van der Waals surface area contributed by atoms with Crippen molar-refractivity contribution in [2.75, 3.05) is 36.0 Å². The summed E-state index contributed by atoms with van der Waals surface area (Å²) in [6.07, 6.45) is 0.987. The molecule has 3 rings (SSSR count). The number of hydrogen-bond acceptors (Lipinski definition) is 4. The smallest absolute Gasteiger partial charge is 0.138 e. The molecule has 2 aromatic rings. The molecule has 2 N–H and O–H groups in total.